The highest BCUT2D eigenvalue weighted by Gasteiger charge is 2.26. The molecule has 2 aliphatic rings. The van der Waals surface area contributed by atoms with Gasteiger partial charge in [0.15, 0.2) is 23.1 Å². The number of fused-ring (bicyclic) bond motifs is 2. The number of hydrogen-bond donors (Lipinski definition) is 1. The topological polar surface area (TPSA) is 120 Å². The highest BCUT2D eigenvalue weighted by atomic mass is 16.6. The summed E-state index contributed by atoms with van der Waals surface area (Å²) in [4.78, 5) is 30.2. The van der Waals surface area contributed by atoms with Crippen LogP contribution >= 0.6 is 0 Å². The van der Waals surface area contributed by atoms with Gasteiger partial charge < -0.3 is 29.4 Å². The molecule has 2 aliphatic heterocycles. The normalized spacial score (nSPS) is 15.5. The first kappa shape index (κ1) is 20.3. The molecule has 4 aromatic rings. The second kappa shape index (κ2) is 8.22. The molecule has 0 atom stereocenters. The Kier molecular flexibility index (Phi) is 4.90. The third kappa shape index (κ3) is 3.62. The van der Waals surface area contributed by atoms with Gasteiger partial charge in [0.2, 0.25) is 5.95 Å². The first-order chi connectivity index (χ1) is 16.7. The van der Waals surface area contributed by atoms with E-state index in [0.717, 1.165) is 17.0 Å². The molecule has 0 saturated carbocycles. The fraction of sp³-hybridized carbons (Fsp3) is 0.250. The molecule has 2 N–H and O–H groups in total. The van der Waals surface area contributed by atoms with Crippen molar-refractivity contribution >= 4 is 28.7 Å². The molecule has 0 spiro atoms. The van der Waals surface area contributed by atoms with Gasteiger partial charge in [0.1, 0.15) is 18.7 Å². The molecule has 1 aromatic carbocycles. The molecular weight excluding hydrogens is 436 g/mol. The van der Waals surface area contributed by atoms with E-state index in [9.17, 15) is 4.79 Å². The predicted molar refractivity (Wildman–Crippen MR) is 125 cm³/mol. The summed E-state index contributed by atoms with van der Waals surface area (Å²) in [5.74, 6) is 2.51. The third-order valence-corrected chi connectivity index (χ3v) is 5.98. The maximum absolute atomic E-state index is 12.6. The van der Waals surface area contributed by atoms with Gasteiger partial charge in [0, 0.05) is 31.7 Å². The van der Waals surface area contributed by atoms with Gasteiger partial charge in [-0.1, -0.05) is 0 Å². The maximum atomic E-state index is 12.6. The van der Waals surface area contributed by atoms with Crippen LogP contribution in [0.2, 0.25) is 0 Å². The number of amides is 1. The minimum atomic E-state index is -0.115. The van der Waals surface area contributed by atoms with Crippen LogP contribution in [-0.2, 0) is 0 Å². The second-order valence-electron chi connectivity index (χ2n) is 8.08. The van der Waals surface area contributed by atoms with Crippen LogP contribution in [0.1, 0.15) is 10.6 Å². The fourth-order valence-corrected chi connectivity index (χ4v) is 4.28. The van der Waals surface area contributed by atoms with Crippen LogP contribution in [-0.4, -0.2) is 65.2 Å². The number of pyridine rings is 1. The number of ether oxygens (including phenoxy) is 2. The molecule has 3 aromatic heterocycles. The summed E-state index contributed by atoms with van der Waals surface area (Å²) in [5, 5.41) is 0. The molecule has 6 rings (SSSR count). The Morgan fingerprint density at radius 2 is 1.74 bits per heavy atom. The van der Waals surface area contributed by atoms with Crippen molar-refractivity contribution < 1.29 is 18.7 Å². The molecule has 1 fully saturated rings. The summed E-state index contributed by atoms with van der Waals surface area (Å²) in [5.41, 5.74) is 9.01. The monoisotopic (exact) mass is 458 g/mol. The van der Waals surface area contributed by atoms with Gasteiger partial charge in [-0.15, -0.1) is 0 Å². The molecule has 10 heteroatoms. The van der Waals surface area contributed by atoms with E-state index in [0.29, 0.717) is 67.8 Å². The van der Waals surface area contributed by atoms with Crippen LogP contribution in [0.5, 0.6) is 11.5 Å². The molecule has 0 aliphatic carbocycles. The van der Waals surface area contributed by atoms with E-state index in [2.05, 4.69) is 14.9 Å². The lowest BCUT2D eigenvalue weighted by Gasteiger charge is -2.35. The average molecular weight is 458 g/mol. The molecule has 0 radical (unpaired) electrons. The SMILES string of the molecule is Nc1nc(N2CCN(C(=O)c3ccco3)CC2)c2nc(-c3ccc4c(c3)OCCO4)ccc2n1. The van der Waals surface area contributed by atoms with E-state index in [4.69, 9.17) is 24.6 Å². The lowest BCUT2D eigenvalue weighted by molar-refractivity contribution is 0.0714. The highest BCUT2D eigenvalue weighted by Crippen LogP contribution is 2.35. The molecule has 1 amide bonds. The third-order valence-electron chi connectivity index (χ3n) is 5.98. The maximum Gasteiger partial charge on any atom is 0.289 e. The van der Waals surface area contributed by atoms with Crippen molar-refractivity contribution in [2.45, 2.75) is 0 Å². The smallest absolute Gasteiger partial charge is 0.289 e. The number of nitrogen functional groups attached to an aromatic ring is 1. The van der Waals surface area contributed by atoms with E-state index in [1.807, 2.05) is 30.3 Å². The lowest BCUT2D eigenvalue weighted by atomic mass is 10.1. The van der Waals surface area contributed by atoms with Gasteiger partial charge in [-0.05, 0) is 42.5 Å². The quantitative estimate of drug-likeness (QED) is 0.494. The Hall–Kier alpha value is -4.34. The summed E-state index contributed by atoms with van der Waals surface area (Å²) in [7, 11) is 0. The number of aromatic nitrogens is 3. The first-order valence-electron chi connectivity index (χ1n) is 11.1. The van der Waals surface area contributed by atoms with Gasteiger partial charge >= 0.3 is 0 Å². The number of carbonyl (C=O) groups excluding carboxylic acids is 1. The number of carbonyl (C=O) groups is 1. The molecule has 172 valence electrons. The summed E-state index contributed by atoms with van der Waals surface area (Å²) in [6, 6.07) is 13.0. The summed E-state index contributed by atoms with van der Waals surface area (Å²) >= 11 is 0. The van der Waals surface area contributed by atoms with E-state index in [1.165, 1.54) is 6.26 Å². The van der Waals surface area contributed by atoms with Gasteiger partial charge in [0.05, 0.1) is 17.5 Å². The molecule has 5 heterocycles. The van der Waals surface area contributed by atoms with E-state index in [-0.39, 0.29) is 11.9 Å². The number of anilines is 2. The standard InChI is InChI=1S/C24H22N6O4/c25-24-27-17-5-4-16(15-3-6-18-20(14-15)34-13-12-33-18)26-21(17)22(28-24)29-7-9-30(10-8-29)23(31)19-2-1-11-32-19/h1-6,11,14H,7-10,12-13H2,(H2,25,27,28). The van der Waals surface area contributed by atoms with Crippen LogP contribution < -0.4 is 20.1 Å². The zero-order valence-corrected chi connectivity index (χ0v) is 18.3. The number of furan rings is 1. The van der Waals surface area contributed by atoms with E-state index < -0.39 is 0 Å². The Morgan fingerprint density at radius 3 is 2.53 bits per heavy atom. The summed E-state index contributed by atoms with van der Waals surface area (Å²) in [6.07, 6.45) is 1.50. The van der Waals surface area contributed by atoms with E-state index in [1.54, 1.807) is 17.0 Å². The molecule has 34 heavy (non-hydrogen) atoms. The van der Waals surface area contributed by atoms with Crippen LogP contribution in [0, 0.1) is 0 Å². The van der Waals surface area contributed by atoms with Crippen molar-refractivity contribution in [3.63, 3.8) is 0 Å². The lowest BCUT2D eigenvalue weighted by Crippen LogP contribution is -2.49. The van der Waals surface area contributed by atoms with Gasteiger partial charge in [-0.3, -0.25) is 4.79 Å². The number of nitrogens with two attached hydrogens (primary N) is 1. The van der Waals surface area contributed by atoms with Gasteiger partial charge in [0.25, 0.3) is 5.91 Å². The largest absolute Gasteiger partial charge is 0.486 e. The molecule has 0 bridgehead atoms. The summed E-state index contributed by atoms with van der Waals surface area (Å²) in [6.45, 7) is 3.32. The molecule has 1 saturated heterocycles. The fourth-order valence-electron chi connectivity index (χ4n) is 4.28. The minimum Gasteiger partial charge on any atom is -0.486 e. The number of piperazine rings is 1. The van der Waals surface area contributed by atoms with Crippen molar-refractivity contribution in [2.75, 3.05) is 50.0 Å². The zero-order chi connectivity index (χ0) is 23.1. The Labute approximate surface area is 194 Å². The molecular formula is C24H22N6O4. The number of rotatable bonds is 3. The summed E-state index contributed by atoms with van der Waals surface area (Å²) < 4.78 is 16.6. The van der Waals surface area contributed by atoms with Crippen molar-refractivity contribution in [3.05, 3.63) is 54.5 Å². The van der Waals surface area contributed by atoms with Gasteiger partial charge in [-0.25, -0.2) is 9.97 Å². The van der Waals surface area contributed by atoms with Crippen LogP contribution in [0.15, 0.2) is 53.1 Å². The Balaban J connectivity index is 1.30. The van der Waals surface area contributed by atoms with Crippen LogP contribution in [0.25, 0.3) is 22.3 Å². The second-order valence-corrected chi connectivity index (χ2v) is 8.08. The molecule has 10 nitrogen and oxygen atoms in total. The predicted octanol–water partition coefficient (Wildman–Crippen LogP) is 2.60. The van der Waals surface area contributed by atoms with Crippen molar-refractivity contribution in [1.29, 1.82) is 0 Å². The number of nitrogens with zero attached hydrogens (tertiary/aromatic N) is 5. The number of hydrogen-bond acceptors (Lipinski definition) is 9. The van der Waals surface area contributed by atoms with Gasteiger partial charge in [-0.2, -0.15) is 4.98 Å². The average Bonchev–Trinajstić information content (AvgIpc) is 3.42. The Bertz CT molecular complexity index is 1370. The van der Waals surface area contributed by atoms with Crippen molar-refractivity contribution in [3.8, 4) is 22.8 Å². The minimum absolute atomic E-state index is 0.115. The molecule has 0 unspecified atom stereocenters. The highest BCUT2D eigenvalue weighted by molar-refractivity contribution is 5.92. The van der Waals surface area contributed by atoms with E-state index >= 15 is 0 Å². The Morgan fingerprint density at radius 1 is 0.912 bits per heavy atom. The number of benzene rings is 1. The van der Waals surface area contributed by atoms with Crippen molar-refractivity contribution in [1.82, 2.24) is 19.9 Å². The van der Waals surface area contributed by atoms with Crippen LogP contribution in [0.4, 0.5) is 11.8 Å². The van der Waals surface area contributed by atoms with Crippen LogP contribution in [0.3, 0.4) is 0 Å². The zero-order valence-electron chi connectivity index (χ0n) is 18.3. The first-order valence-corrected chi connectivity index (χ1v) is 11.1. The van der Waals surface area contributed by atoms with Crippen molar-refractivity contribution in [2.24, 2.45) is 0 Å².